The fraction of sp³-hybridized carbons (Fsp3) is 0.273. The maximum absolute atomic E-state index is 11.6. The normalized spacial score (nSPS) is 9.82. The molecule has 1 rings (SSSR count). The van der Waals surface area contributed by atoms with Crippen molar-refractivity contribution < 1.29 is 19.1 Å². The first-order valence-corrected chi connectivity index (χ1v) is 5.73. The van der Waals surface area contributed by atoms with Gasteiger partial charge < -0.3 is 9.47 Å². The molecule has 0 unspecified atom stereocenters. The molecule has 0 aromatic heterocycles. The summed E-state index contributed by atoms with van der Waals surface area (Å²) in [6.07, 6.45) is 0. The van der Waals surface area contributed by atoms with Gasteiger partial charge in [-0.05, 0) is 19.1 Å². The molecule has 0 fully saturated rings. The third kappa shape index (κ3) is 3.61. The Morgan fingerprint density at radius 1 is 1.35 bits per heavy atom. The number of carbonyl (C=O) groups excluding carboxylic acids is 2. The van der Waals surface area contributed by atoms with Gasteiger partial charge in [0, 0.05) is 0 Å². The summed E-state index contributed by atoms with van der Waals surface area (Å²) in [5.74, 6) is -1.65. The lowest BCUT2D eigenvalue weighted by molar-refractivity contribution is -0.131. The van der Waals surface area contributed by atoms with Crippen LogP contribution in [0, 0.1) is 0 Å². The van der Waals surface area contributed by atoms with E-state index in [1.807, 2.05) is 0 Å². The van der Waals surface area contributed by atoms with Crippen LogP contribution in [0.15, 0.2) is 18.2 Å². The zero-order valence-electron chi connectivity index (χ0n) is 9.04. The molecule has 92 valence electrons. The third-order valence-electron chi connectivity index (χ3n) is 1.79. The summed E-state index contributed by atoms with van der Waals surface area (Å²) in [7, 11) is 0. The molecule has 0 spiro atoms. The van der Waals surface area contributed by atoms with Gasteiger partial charge in [0.2, 0.25) is 0 Å². The van der Waals surface area contributed by atoms with E-state index in [0.29, 0.717) is 0 Å². The highest BCUT2D eigenvalue weighted by Gasteiger charge is 2.18. The Labute approximate surface area is 108 Å². The Morgan fingerprint density at radius 3 is 2.65 bits per heavy atom. The van der Waals surface area contributed by atoms with Crippen LogP contribution in [-0.4, -0.2) is 24.4 Å². The van der Waals surface area contributed by atoms with Gasteiger partial charge in [-0.15, -0.1) is 11.6 Å². The second-order valence-electron chi connectivity index (χ2n) is 2.94. The van der Waals surface area contributed by atoms with Crippen molar-refractivity contribution in [2.45, 2.75) is 6.92 Å². The van der Waals surface area contributed by atoms with E-state index in [1.54, 1.807) is 13.0 Å². The van der Waals surface area contributed by atoms with Crippen LogP contribution in [-0.2, 0) is 9.53 Å². The van der Waals surface area contributed by atoms with Gasteiger partial charge in [0.1, 0.15) is 11.4 Å². The van der Waals surface area contributed by atoms with E-state index in [2.05, 4.69) is 0 Å². The van der Waals surface area contributed by atoms with E-state index < -0.39 is 11.9 Å². The van der Waals surface area contributed by atoms with Gasteiger partial charge in [0.25, 0.3) is 0 Å². The highest BCUT2D eigenvalue weighted by Crippen LogP contribution is 2.29. The molecule has 0 N–H and O–H groups in total. The molecule has 0 aliphatic carbocycles. The van der Waals surface area contributed by atoms with Crippen molar-refractivity contribution in [2.24, 2.45) is 0 Å². The van der Waals surface area contributed by atoms with Crippen molar-refractivity contribution in [3.05, 3.63) is 28.8 Å². The van der Waals surface area contributed by atoms with Crippen LogP contribution in [0.5, 0.6) is 5.75 Å². The summed E-state index contributed by atoms with van der Waals surface area (Å²) in [5, 5.41) is 0.147. The largest absolute Gasteiger partial charge is 0.462 e. The summed E-state index contributed by atoms with van der Waals surface area (Å²) < 4.78 is 9.71. The average molecular weight is 277 g/mol. The van der Waals surface area contributed by atoms with Crippen molar-refractivity contribution >= 4 is 35.1 Å². The van der Waals surface area contributed by atoms with E-state index in [1.165, 1.54) is 12.1 Å². The molecule has 0 radical (unpaired) electrons. The maximum Gasteiger partial charge on any atom is 0.341 e. The van der Waals surface area contributed by atoms with E-state index in [0.717, 1.165) is 0 Å². The van der Waals surface area contributed by atoms with Gasteiger partial charge in [-0.1, -0.05) is 17.7 Å². The summed E-state index contributed by atoms with van der Waals surface area (Å²) in [4.78, 5) is 22.7. The van der Waals surface area contributed by atoms with Crippen LogP contribution in [0.25, 0.3) is 0 Å². The molecule has 1 aromatic rings. The molecule has 0 aliphatic heterocycles. The molecule has 6 heteroatoms. The van der Waals surface area contributed by atoms with Gasteiger partial charge in [-0.2, -0.15) is 0 Å². The van der Waals surface area contributed by atoms with Crippen LogP contribution < -0.4 is 4.74 Å². The predicted octanol–water partition coefficient (Wildman–Crippen LogP) is 2.66. The number of hydrogen-bond donors (Lipinski definition) is 0. The quantitative estimate of drug-likeness (QED) is 0.482. The number of benzene rings is 1. The van der Waals surface area contributed by atoms with E-state index >= 15 is 0 Å². The number of alkyl halides is 1. The van der Waals surface area contributed by atoms with Crippen molar-refractivity contribution in [3.63, 3.8) is 0 Å². The lowest BCUT2D eigenvalue weighted by Crippen LogP contribution is -2.14. The lowest BCUT2D eigenvalue weighted by Gasteiger charge is -2.09. The van der Waals surface area contributed by atoms with Crippen LogP contribution in [0.3, 0.4) is 0 Å². The van der Waals surface area contributed by atoms with Crippen molar-refractivity contribution in [1.29, 1.82) is 0 Å². The summed E-state index contributed by atoms with van der Waals surface area (Å²) in [6.45, 7) is 1.89. The second-order valence-corrected chi connectivity index (χ2v) is 3.62. The zero-order valence-corrected chi connectivity index (χ0v) is 10.5. The first-order chi connectivity index (χ1) is 8.10. The number of hydrogen-bond acceptors (Lipinski definition) is 4. The highest BCUT2D eigenvalue weighted by atomic mass is 35.5. The molecule has 0 saturated carbocycles. The van der Waals surface area contributed by atoms with E-state index in [-0.39, 0.29) is 28.8 Å². The van der Waals surface area contributed by atoms with E-state index in [9.17, 15) is 9.59 Å². The fourth-order valence-electron chi connectivity index (χ4n) is 1.12. The number of halogens is 2. The molecule has 17 heavy (non-hydrogen) atoms. The van der Waals surface area contributed by atoms with Crippen LogP contribution in [0.1, 0.15) is 17.3 Å². The molecule has 4 nitrogen and oxygen atoms in total. The maximum atomic E-state index is 11.6. The van der Waals surface area contributed by atoms with Crippen molar-refractivity contribution in [1.82, 2.24) is 0 Å². The molecule has 0 aliphatic rings. The molecular weight excluding hydrogens is 267 g/mol. The minimum absolute atomic E-state index is 0.0294. The second kappa shape index (κ2) is 6.47. The first kappa shape index (κ1) is 13.8. The predicted molar refractivity (Wildman–Crippen MR) is 63.8 cm³/mol. The minimum atomic E-state index is -0.690. The summed E-state index contributed by atoms with van der Waals surface area (Å²) in [5.41, 5.74) is 0.0952. The van der Waals surface area contributed by atoms with E-state index in [4.69, 9.17) is 32.7 Å². The number of esters is 2. The van der Waals surface area contributed by atoms with Gasteiger partial charge in [-0.25, -0.2) is 4.79 Å². The number of rotatable bonds is 4. The monoisotopic (exact) mass is 276 g/mol. The molecule has 1 aromatic carbocycles. The summed E-state index contributed by atoms with van der Waals surface area (Å²) >= 11 is 11.2. The van der Waals surface area contributed by atoms with Crippen molar-refractivity contribution in [3.8, 4) is 5.75 Å². The highest BCUT2D eigenvalue weighted by molar-refractivity contribution is 6.33. The van der Waals surface area contributed by atoms with Gasteiger partial charge in [0.05, 0.1) is 11.6 Å². The van der Waals surface area contributed by atoms with Gasteiger partial charge in [-0.3, -0.25) is 4.79 Å². The number of para-hydroxylation sites is 1. The molecular formula is C11H10Cl2O4. The van der Waals surface area contributed by atoms with Crippen LogP contribution in [0.2, 0.25) is 5.02 Å². The smallest absolute Gasteiger partial charge is 0.341 e. The SMILES string of the molecule is CCOC(=O)c1cccc(Cl)c1OC(=O)CCl. The Balaban J connectivity index is 3.08. The fourth-order valence-corrected chi connectivity index (χ4v) is 1.39. The van der Waals surface area contributed by atoms with Gasteiger partial charge >= 0.3 is 11.9 Å². The van der Waals surface area contributed by atoms with Gasteiger partial charge in [0.15, 0.2) is 5.75 Å². The number of ether oxygens (including phenoxy) is 2. The lowest BCUT2D eigenvalue weighted by atomic mass is 10.2. The molecule has 0 bridgehead atoms. The summed E-state index contributed by atoms with van der Waals surface area (Å²) in [6, 6.07) is 4.52. The van der Waals surface area contributed by atoms with Crippen LogP contribution in [0.4, 0.5) is 0 Å². The Morgan fingerprint density at radius 2 is 2.06 bits per heavy atom. The number of carbonyl (C=O) groups is 2. The van der Waals surface area contributed by atoms with Crippen LogP contribution >= 0.6 is 23.2 Å². The third-order valence-corrected chi connectivity index (χ3v) is 2.30. The standard InChI is InChI=1S/C11H10Cl2O4/c1-2-16-11(15)7-4-3-5-8(13)10(7)17-9(14)6-12/h3-5H,2,6H2,1H3. The first-order valence-electron chi connectivity index (χ1n) is 4.82. The molecule has 0 heterocycles. The Bertz CT molecular complexity index is 431. The molecule has 0 atom stereocenters. The topological polar surface area (TPSA) is 52.6 Å². The average Bonchev–Trinajstić information content (AvgIpc) is 2.31. The molecule has 0 amide bonds. The Hall–Kier alpha value is -1.26. The van der Waals surface area contributed by atoms with Crippen molar-refractivity contribution in [2.75, 3.05) is 12.5 Å². The minimum Gasteiger partial charge on any atom is -0.462 e. The zero-order chi connectivity index (χ0) is 12.8. The Kier molecular flexibility index (Phi) is 5.25. The molecule has 0 saturated heterocycles.